The second-order valence-corrected chi connectivity index (χ2v) is 9.43. The number of ether oxygens (including phenoxy) is 2. The highest BCUT2D eigenvalue weighted by atomic mass is 16.5. The van der Waals surface area contributed by atoms with Crippen molar-refractivity contribution in [2.24, 2.45) is 0 Å². The van der Waals surface area contributed by atoms with Crippen LogP contribution < -0.4 is 15.0 Å². The lowest BCUT2D eigenvalue weighted by atomic mass is 10.1. The maximum Gasteiger partial charge on any atom is 0.255 e. The van der Waals surface area contributed by atoms with E-state index in [1.54, 1.807) is 24.5 Å². The van der Waals surface area contributed by atoms with Gasteiger partial charge in [-0.2, -0.15) is 0 Å². The summed E-state index contributed by atoms with van der Waals surface area (Å²) >= 11 is 0. The number of anilines is 2. The second-order valence-electron chi connectivity index (χ2n) is 9.43. The molecule has 0 atom stereocenters. The molecular weight excluding hydrogens is 468 g/mol. The van der Waals surface area contributed by atoms with Crippen molar-refractivity contribution >= 4 is 23.2 Å². The van der Waals surface area contributed by atoms with Gasteiger partial charge in [-0.3, -0.25) is 14.6 Å². The average molecular weight is 501 g/mol. The molecule has 3 aromatic rings. The number of aryl methyl sites for hydroxylation is 1. The van der Waals surface area contributed by atoms with Crippen LogP contribution in [-0.4, -0.2) is 67.2 Å². The van der Waals surface area contributed by atoms with E-state index in [4.69, 9.17) is 9.47 Å². The van der Waals surface area contributed by atoms with E-state index in [1.165, 1.54) is 0 Å². The largest absolute Gasteiger partial charge is 0.490 e. The van der Waals surface area contributed by atoms with E-state index in [2.05, 4.69) is 15.2 Å². The number of nitrogens with one attached hydrogen (secondary N) is 1. The number of likely N-dealkylation sites (tertiary alicyclic amines) is 1. The lowest BCUT2D eigenvalue weighted by Crippen LogP contribution is -2.41. The van der Waals surface area contributed by atoms with Crippen molar-refractivity contribution in [3.8, 4) is 5.75 Å². The summed E-state index contributed by atoms with van der Waals surface area (Å²) in [5.41, 5.74) is 4.00. The first kappa shape index (κ1) is 24.8. The Morgan fingerprint density at radius 3 is 2.43 bits per heavy atom. The fourth-order valence-electron chi connectivity index (χ4n) is 4.68. The van der Waals surface area contributed by atoms with Gasteiger partial charge in [-0.15, -0.1) is 0 Å². The number of hydrogen-bond acceptors (Lipinski definition) is 6. The van der Waals surface area contributed by atoms with Crippen LogP contribution in [0.4, 0.5) is 11.4 Å². The fourth-order valence-corrected chi connectivity index (χ4v) is 4.68. The maximum atomic E-state index is 12.9. The van der Waals surface area contributed by atoms with E-state index >= 15 is 0 Å². The summed E-state index contributed by atoms with van der Waals surface area (Å²) in [6.45, 7) is 6.43. The molecule has 8 nitrogen and oxygen atoms in total. The van der Waals surface area contributed by atoms with Gasteiger partial charge < -0.3 is 24.6 Å². The molecule has 1 N–H and O–H groups in total. The molecule has 0 unspecified atom stereocenters. The van der Waals surface area contributed by atoms with Gasteiger partial charge in [0.1, 0.15) is 11.9 Å². The molecular formula is C29H32N4O4. The Kier molecular flexibility index (Phi) is 7.65. The Hall–Kier alpha value is -3.91. The van der Waals surface area contributed by atoms with Gasteiger partial charge in [0.15, 0.2) is 0 Å². The summed E-state index contributed by atoms with van der Waals surface area (Å²) in [5, 5.41) is 2.99. The number of carbonyl (C=O) groups excluding carboxylic acids is 2. The van der Waals surface area contributed by atoms with Crippen LogP contribution in [0.3, 0.4) is 0 Å². The molecule has 0 bridgehead atoms. The van der Waals surface area contributed by atoms with Crippen LogP contribution in [-0.2, 0) is 4.74 Å². The molecule has 2 saturated heterocycles. The molecule has 5 rings (SSSR count). The van der Waals surface area contributed by atoms with Crippen LogP contribution >= 0.6 is 0 Å². The van der Waals surface area contributed by atoms with Crippen LogP contribution in [0.25, 0.3) is 0 Å². The first-order valence-electron chi connectivity index (χ1n) is 12.8. The quantitative estimate of drug-likeness (QED) is 0.547. The zero-order valence-electron chi connectivity index (χ0n) is 21.1. The fraction of sp³-hybridized carbons (Fsp3) is 0.345. The van der Waals surface area contributed by atoms with Crippen molar-refractivity contribution < 1.29 is 19.1 Å². The summed E-state index contributed by atoms with van der Waals surface area (Å²) in [4.78, 5) is 33.7. The summed E-state index contributed by atoms with van der Waals surface area (Å²) in [5.74, 6) is 0.591. The van der Waals surface area contributed by atoms with Gasteiger partial charge in [0.05, 0.1) is 18.8 Å². The van der Waals surface area contributed by atoms with Gasteiger partial charge in [0.25, 0.3) is 11.8 Å². The molecule has 2 amide bonds. The van der Waals surface area contributed by atoms with E-state index in [0.29, 0.717) is 29.9 Å². The zero-order chi connectivity index (χ0) is 25.6. The SMILES string of the molecule is Cc1ccc(NC(=O)c2ccc(N3CCOCC3)cc2)cc1OC1CCN(C(=O)c2cccnc2)CC1. The summed E-state index contributed by atoms with van der Waals surface area (Å²) in [7, 11) is 0. The van der Waals surface area contributed by atoms with E-state index in [1.807, 2.05) is 54.3 Å². The van der Waals surface area contributed by atoms with Crippen molar-refractivity contribution in [2.75, 3.05) is 49.6 Å². The number of piperidine rings is 1. The number of carbonyl (C=O) groups is 2. The Morgan fingerprint density at radius 2 is 1.73 bits per heavy atom. The molecule has 0 spiro atoms. The molecule has 0 aliphatic carbocycles. The third-order valence-corrected chi connectivity index (χ3v) is 6.88. The topological polar surface area (TPSA) is 84.0 Å². The number of morpholine rings is 1. The molecule has 2 aliphatic heterocycles. The van der Waals surface area contributed by atoms with Crippen molar-refractivity contribution in [3.63, 3.8) is 0 Å². The molecule has 0 saturated carbocycles. The van der Waals surface area contributed by atoms with Crippen LogP contribution in [0.15, 0.2) is 67.0 Å². The van der Waals surface area contributed by atoms with Gasteiger partial charge in [0.2, 0.25) is 0 Å². The minimum Gasteiger partial charge on any atom is -0.490 e. The lowest BCUT2D eigenvalue weighted by molar-refractivity contribution is 0.0594. The van der Waals surface area contributed by atoms with Crippen molar-refractivity contribution in [1.29, 1.82) is 0 Å². The third-order valence-electron chi connectivity index (χ3n) is 6.88. The van der Waals surface area contributed by atoms with E-state index in [9.17, 15) is 9.59 Å². The van der Waals surface area contributed by atoms with Gasteiger partial charge in [-0.05, 0) is 55.0 Å². The number of benzene rings is 2. The van der Waals surface area contributed by atoms with Crippen LogP contribution in [0.1, 0.15) is 39.1 Å². The highest BCUT2D eigenvalue weighted by Gasteiger charge is 2.25. The van der Waals surface area contributed by atoms with Crippen LogP contribution in [0.5, 0.6) is 5.75 Å². The van der Waals surface area contributed by atoms with Crippen LogP contribution in [0, 0.1) is 6.92 Å². The average Bonchev–Trinajstić information content (AvgIpc) is 2.96. The smallest absolute Gasteiger partial charge is 0.255 e. The molecule has 37 heavy (non-hydrogen) atoms. The van der Waals surface area contributed by atoms with E-state index in [-0.39, 0.29) is 17.9 Å². The molecule has 2 aromatic carbocycles. The Bertz CT molecular complexity index is 1220. The normalized spacial score (nSPS) is 16.4. The molecule has 1 aromatic heterocycles. The summed E-state index contributed by atoms with van der Waals surface area (Å²) < 4.78 is 11.7. The number of pyridine rings is 1. The first-order valence-corrected chi connectivity index (χ1v) is 12.8. The Labute approximate surface area is 217 Å². The minimum atomic E-state index is -0.162. The summed E-state index contributed by atoms with van der Waals surface area (Å²) in [6.07, 6.45) is 4.77. The molecule has 2 aliphatic rings. The summed E-state index contributed by atoms with van der Waals surface area (Å²) in [6, 6.07) is 17.0. The lowest BCUT2D eigenvalue weighted by Gasteiger charge is -2.32. The molecule has 8 heteroatoms. The zero-order valence-corrected chi connectivity index (χ0v) is 21.1. The van der Waals surface area contributed by atoms with E-state index in [0.717, 1.165) is 56.1 Å². The number of rotatable bonds is 6. The van der Waals surface area contributed by atoms with Gasteiger partial charge in [0, 0.05) is 74.4 Å². The number of amides is 2. The number of hydrogen-bond donors (Lipinski definition) is 1. The van der Waals surface area contributed by atoms with Gasteiger partial charge >= 0.3 is 0 Å². The molecule has 3 heterocycles. The standard InChI is InChI=1S/C29H32N4O4/c1-21-4-7-24(31-28(34)22-5-8-25(9-6-22)32-15-17-36-18-16-32)19-27(21)37-26-10-13-33(14-11-26)29(35)23-3-2-12-30-20-23/h2-9,12,19-20,26H,10-11,13-18H2,1H3,(H,31,34). The maximum absolute atomic E-state index is 12.9. The van der Waals surface area contributed by atoms with Crippen molar-refractivity contribution in [1.82, 2.24) is 9.88 Å². The van der Waals surface area contributed by atoms with E-state index < -0.39 is 0 Å². The predicted octanol–water partition coefficient (Wildman–Crippen LogP) is 4.16. The van der Waals surface area contributed by atoms with Crippen molar-refractivity contribution in [2.45, 2.75) is 25.9 Å². The van der Waals surface area contributed by atoms with Crippen LogP contribution in [0.2, 0.25) is 0 Å². The highest BCUT2D eigenvalue weighted by molar-refractivity contribution is 6.04. The number of nitrogens with zero attached hydrogens (tertiary/aromatic N) is 3. The number of aromatic nitrogens is 1. The van der Waals surface area contributed by atoms with Gasteiger partial charge in [-0.1, -0.05) is 6.07 Å². The van der Waals surface area contributed by atoms with Crippen molar-refractivity contribution in [3.05, 3.63) is 83.7 Å². The minimum absolute atomic E-state index is 0.00502. The molecule has 192 valence electrons. The van der Waals surface area contributed by atoms with Gasteiger partial charge in [-0.25, -0.2) is 0 Å². The Morgan fingerprint density at radius 1 is 0.973 bits per heavy atom. The molecule has 2 fully saturated rings. The predicted molar refractivity (Wildman–Crippen MR) is 142 cm³/mol. The first-order chi connectivity index (χ1) is 18.1. The monoisotopic (exact) mass is 500 g/mol. The Balaban J connectivity index is 1.17. The highest BCUT2D eigenvalue weighted by Crippen LogP contribution is 2.27. The third kappa shape index (κ3) is 6.09. The second kappa shape index (κ2) is 11.4. The molecule has 0 radical (unpaired) electrons.